The maximum atomic E-state index is 12.5. The highest BCUT2D eigenvalue weighted by molar-refractivity contribution is 6.31. The zero-order valence-electron chi connectivity index (χ0n) is 16.3. The van der Waals surface area contributed by atoms with Crippen LogP contribution in [0.1, 0.15) is 5.82 Å². The Morgan fingerprint density at radius 2 is 1.68 bits per heavy atom. The molecule has 0 fully saturated rings. The largest absolute Gasteiger partial charge is 0.485 e. The highest BCUT2D eigenvalue weighted by Gasteiger charge is 2.13. The fourth-order valence-corrected chi connectivity index (χ4v) is 2.86. The maximum Gasteiger partial charge on any atom is 0.248 e. The quantitative estimate of drug-likeness (QED) is 0.442. The lowest BCUT2D eigenvalue weighted by Crippen LogP contribution is -2.21. The minimum Gasteiger partial charge on any atom is -0.485 e. The Balaban J connectivity index is 1.38. The Bertz CT molecular complexity index is 1150. The van der Waals surface area contributed by atoms with E-state index >= 15 is 0 Å². The summed E-state index contributed by atoms with van der Waals surface area (Å²) in [6, 6.07) is 23.5. The molecule has 0 spiro atoms. The fourth-order valence-electron chi connectivity index (χ4n) is 2.69. The first-order valence-electron chi connectivity index (χ1n) is 9.42. The van der Waals surface area contributed by atoms with Crippen molar-refractivity contribution in [2.75, 3.05) is 5.32 Å². The number of nitrogens with one attached hydrogen (secondary N) is 1. The average Bonchev–Trinajstić information content (AvgIpc) is 3.23. The Hall–Kier alpha value is -3.91. The average molecular weight is 436 g/mol. The molecule has 0 atom stereocenters. The third-order valence-electron chi connectivity index (χ3n) is 4.08. The predicted molar refractivity (Wildman–Crippen MR) is 115 cm³/mol. The summed E-state index contributed by atoms with van der Waals surface area (Å²) >= 11 is 6.09. The summed E-state index contributed by atoms with van der Waals surface area (Å²) < 4.78 is 11.4. The molecule has 1 amide bonds. The highest BCUT2D eigenvalue weighted by atomic mass is 35.5. The molecule has 31 heavy (non-hydrogen) atoms. The number of ether oxygens (including phenoxy) is 2. The SMILES string of the molecule is O=C(Cn1nnc(COc2ccccc2)n1)Nc1cc(Cl)ccc1Oc1ccccc1. The number of halogens is 1. The van der Waals surface area contributed by atoms with Gasteiger partial charge in [0.15, 0.2) is 12.4 Å². The van der Waals surface area contributed by atoms with Crippen LogP contribution in [0.5, 0.6) is 17.2 Å². The van der Waals surface area contributed by atoms with Gasteiger partial charge in [-0.15, -0.1) is 10.2 Å². The zero-order valence-corrected chi connectivity index (χ0v) is 17.1. The molecule has 4 rings (SSSR count). The van der Waals surface area contributed by atoms with Crippen molar-refractivity contribution in [2.24, 2.45) is 0 Å². The van der Waals surface area contributed by atoms with Crippen LogP contribution in [-0.4, -0.2) is 26.1 Å². The van der Waals surface area contributed by atoms with E-state index in [0.29, 0.717) is 33.8 Å². The van der Waals surface area contributed by atoms with Gasteiger partial charge in [0.05, 0.1) is 5.69 Å². The molecule has 3 aromatic carbocycles. The van der Waals surface area contributed by atoms with E-state index in [2.05, 4.69) is 20.7 Å². The lowest BCUT2D eigenvalue weighted by Gasteiger charge is -2.12. The van der Waals surface area contributed by atoms with Gasteiger partial charge in [-0.3, -0.25) is 4.79 Å². The molecule has 4 aromatic rings. The maximum absolute atomic E-state index is 12.5. The molecule has 156 valence electrons. The minimum atomic E-state index is -0.354. The molecule has 0 unspecified atom stereocenters. The van der Waals surface area contributed by atoms with Crippen LogP contribution in [0, 0.1) is 0 Å². The van der Waals surface area contributed by atoms with Crippen LogP contribution >= 0.6 is 11.6 Å². The third kappa shape index (κ3) is 5.80. The van der Waals surface area contributed by atoms with Crippen LogP contribution in [0.3, 0.4) is 0 Å². The van der Waals surface area contributed by atoms with Crippen molar-refractivity contribution in [2.45, 2.75) is 13.2 Å². The second-order valence-electron chi connectivity index (χ2n) is 6.44. The number of rotatable bonds is 8. The van der Waals surface area contributed by atoms with Gasteiger partial charge in [0, 0.05) is 5.02 Å². The summed E-state index contributed by atoms with van der Waals surface area (Å²) in [5.74, 6) is 1.82. The predicted octanol–water partition coefficient (Wildman–Crippen LogP) is 4.34. The standard InChI is InChI=1S/C22H18ClN5O3/c23-16-11-12-20(31-18-9-5-2-6-10-18)19(13-16)24-22(29)14-28-26-21(25-27-28)15-30-17-7-3-1-4-8-17/h1-13H,14-15H2,(H,24,29). The fraction of sp³-hybridized carbons (Fsp3) is 0.0909. The smallest absolute Gasteiger partial charge is 0.248 e. The van der Waals surface area contributed by atoms with Gasteiger partial charge in [-0.1, -0.05) is 48.0 Å². The number of anilines is 1. The molecule has 1 N–H and O–H groups in total. The van der Waals surface area contributed by atoms with E-state index in [1.54, 1.807) is 18.2 Å². The van der Waals surface area contributed by atoms with E-state index < -0.39 is 0 Å². The van der Waals surface area contributed by atoms with Crippen molar-refractivity contribution in [3.63, 3.8) is 0 Å². The number of para-hydroxylation sites is 2. The van der Waals surface area contributed by atoms with Crippen LogP contribution < -0.4 is 14.8 Å². The normalized spacial score (nSPS) is 10.5. The van der Waals surface area contributed by atoms with Crippen molar-refractivity contribution in [3.8, 4) is 17.2 Å². The first-order valence-corrected chi connectivity index (χ1v) is 9.80. The van der Waals surface area contributed by atoms with Crippen molar-refractivity contribution >= 4 is 23.2 Å². The van der Waals surface area contributed by atoms with E-state index in [1.165, 1.54) is 4.80 Å². The van der Waals surface area contributed by atoms with Gasteiger partial charge in [-0.2, -0.15) is 4.80 Å². The second-order valence-corrected chi connectivity index (χ2v) is 6.88. The lowest BCUT2D eigenvalue weighted by molar-refractivity contribution is -0.117. The molecule has 0 saturated carbocycles. The van der Waals surface area contributed by atoms with Gasteiger partial charge >= 0.3 is 0 Å². The van der Waals surface area contributed by atoms with E-state index in [0.717, 1.165) is 0 Å². The Labute approximate surface area is 183 Å². The number of amides is 1. The van der Waals surface area contributed by atoms with Crippen LogP contribution in [0.25, 0.3) is 0 Å². The summed E-state index contributed by atoms with van der Waals surface area (Å²) in [7, 11) is 0. The number of tetrazole rings is 1. The van der Waals surface area contributed by atoms with Crippen LogP contribution in [-0.2, 0) is 17.9 Å². The van der Waals surface area contributed by atoms with Gasteiger partial charge in [0.2, 0.25) is 11.7 Å². The molecule has 1 heterocycles. The van der Waals surface area contributed by atoms with Gasteiger partial charge in [0.1, 0.15) is 18.0 Å². The first kappa shape index (κ1) is 20.4. The van der Waals surface area contributed by atoms with Crippen LogP contribution in [0.2, 0.25) is 5.02 Å². The molecular formula is C22H18ClN5O3. The van der Waals surface area contributed by atoms with E-state index in [1.807, 2.05) is 60.7 Å². The summed E-state index contributed by atoms with van der Waals surface area (Å²) in [6.07, 6.45) is 0. The Kier molecular flexibility index (Phi) is 6.39. The van der Waals surface area contributed by atoms with E-state index in [9.17, 15) is 4.79 Å². The second kappa shape index (κ2) is 9.73. The van der Waals surface area contributed by atoms with E-state index in [4.69, 9.17) is 21.1 Å². The van der Waals surface area contributed by atoms with Gasteiger partial charge in [-0.05, 0) is 47.7 Å². The minimum absolute atomic E-state index is 0.129. The van der Waals surface area contributed by atoms with Crippen molar-refractivity contribution in [3.05, 3.63) is 89.7 Å². The first-order chi connectivity index (χ1) is 15.2. The van der Waals surface area contributed by atoms with E-state index in [-0.39, 0.29) is 19.1 Å². The molecule has 8 nitrogen and oxygen atoms in total. The van der Waals surface area contributed by atoms with Gasteiger partial charge in [0.25, 0.3) is 0 Å². The van der Waals surface area contributed by atoms with Crippen molar-refractivity contribution in [1.82, 2.24) is 20.2 Å². The number of carbonyl (C=O) groups excluding carboxylic acids is 1. The zero-order chi connectivity index (χ0) is 21.5. The molecule has 0 saturated heterocycles. The van der Waals surface area contributed by atoms with Crippen LogP contribution in [0.15, 0.2) is 78.9 Å². The summed E-state index contributed by atoms with van der Waals surface area (Å²) in [4.78, 5) is 13.7. The summed E-state index contributed by atoms with van der Waals surface area (Å²) in [5.41, 5.74) is 0.439. The molecule has 0 radical (unpaired) electrons. The topological polar surface area (TPSA) is 91.2 Å². The number of hydrogen-bond donors (Lipinski definition) is 1. The summed E-state index contributed by atoms with van der Waals surface area (Å²) in [6.45, 7) is 0.0185. The Morgan fingerprint density at radius 1 is 0.968 bits per heavy atom. The monoisotopic (exact) mass is 435 g/mol. The molecular weight excluding hydrogens is 418 g/mol. The molecule has 0 bridgehead atoms. The number of carbonyl (C=O) groups is 1. The van der Waals surface area contributed by atoms with Gasteiger partial charge < -0.3 is 14.8 Å². The summed E-state index contributed by atoms with van der Waals surface area (Å²) in [5, 5.41) is 15.2. The molecule has 1 aromatic heterocycles. The lowest BCUT2D eigenvalue weighted by atomic mass is 10.2. The highest BCUT2D eigenvalue weighted by Crippen LogP contribution is 2.32. The molecule has 0 aliphatic heterocycles. The molecule has 0 aliphatic rings. The Morgan fingerprint density at radius 3 is 2.42 bits per heavy atom. The van der Waals surface area contributed by atoms with Gasteiger partial charge in [-0.25, -0.2) is 0 Å². The number of aromatic nitrogens is 4. The van der Waals surface area contributed by atoms with Crippen molar-refractivity contribution in [1.29, 1.82) is 0 Å². The number of hydrogen-bond acceptors (Lipinski definition) is 6. The molecule has 9 heteroatoms. The third-order valence-corrected chi connectivity index (χ3v) is 4.31. The molecule has 0 aliphatic carbocycles. The number of nitrogens with zero attached hydrogens (tertiary/aromatic N) is 4. The number of benzene rings is 3. The van der Waals surface area contributed by atoms with Crippen LogP contribution in [0.4, 0.5) is 5.69 Å². The van der Waals surface area contributed by atoms with Crippen molar-refractivity contribution < 1.29 is 14.3 Å².